The van der Waals surface area contributed by atoms with E-state index in [9.17, 15) is 18.3 Å². The molecule has 1 saturated heterocycles. The highest BCUT2D eigenvalue weighted by Gasteiger charge is 2.56. The van der Waals surface area contributed by atoms with Crippen molar-refractivity contribution in [3.63, 3.8) is 0 Å². The molecule has 29 heavy (non-hydrogen) atoms. The van der Waals surface area contributed by atoms with E-state index in [2.05, 4.69) is 15.1 Å². The van der Waals surface area contributed by atoms with Crippen LogP contribution in [0.3, 0.4) is 0 Å². The molecule has 6 nitrogen and oxygen atoms in total. The van der Waals surface area contributed by atoms with Gasteiger partial charge in [-0.3, -0.25) is 4.68 Å². The van der Waals surface area contributed by atoms with Crippen molar-refractivity contribution in [3.8, 4) is 17.0 Å². The summed E-state index contributed by atoms with van der Waals surface area (Å²) in [7, 11) is 0. The molecule has 1 unspecified atom stereocenters. The summed E-state index contributed by atoms with van der Waals surface area (Å²) in [5.74, 6) is -0.478. The summed E-state index contributed by atoms with van der Waals surface area (Å²) in [6, 6.07) is 2.01. The van der Waals surface area contributed by atoms with Crippen molar-refractivity contribution in [3.05, 3.63) is 35.7 Å². The maximum atomic E-state index is 13.0. The molecule has 1 N–H and O–H groups in total. The Morgan fingerprint density at radius 3 is 2.69 bits per heavy atom. The number of aromatic nitrogens is 4. The Labute approximate surface area is 164 Å². The number of phenols is 1. The van der Waals surface area contributed by atoms with E-state index in [1.807, 2.05) is 10.9 Å². The van der Waals surface area contributed by atoms with Crippen LogP contribution in [-0.2, 0) is 10.9 Å². The molecular weight excluding hydrogens is 385 g/mol. The van der Waals surface area contributed by atoms with Crippen LogP contribution in [0.15, 0.2) is 24.5 Å². The molecule has 9 heteroatoms. The third-order valence-electron chi connectivity index (χ3n) is 6.10. The van der Waals surface area contributed by atoms with Crippen LogP contribution < -0.4 is 0 Å². The highest BCUT2D eigenvalue weighted by Crippen LogP contribution is 2.62. The number of nitrogens with zero attached hydrogens (tertiary/aromatic N) is 4. The lowest BCUT2D eigenvalue weighted by molar-refractivity contribution is -0.137. The van der Waals surface area contributed by atoms with Gasteiger partial charge in [-0.25, -0.2) is 9.97 Å². The zero-order chi connectivity index (χ0) is 20.4. The molecule has 1 atom stereocenters. The predicted octanol–water partition coefficient (Wildman–Crippen LogP) is 4.27. The third kappa shape index (κ3) is 3.04. The van der Waals surface area contributed by atoms with Crippen molar-refractivity contribution in [2.75, 3.05) is 13.2 Å². The number of ether oxygens (including phenoxy) is 1. The molecule has 3 heterocycles. The zero-order valence-corrected chi connectivity index (χ0v) is 15.7. The molecule has 2 aromatic heterocycles. The second-order valence-electron chi connectivity index (χ2n) is 7.95. The van der Waals surface area contributed by atoms with Gasteiger partial charge in [0.15, 0.2) is 5.65 Å². The maximum Gasteiger partial charge on any atom is 0.416 e. The van der Waals surface area contributed by atoms with E-state index in [1.54, 1.807) is 0 Å². The molecule has 1 aromatic carbocycles. The highest BCUT2D eigenvalue weighted by molar-refractivity contribution is 5.77. The number of benzene rings is 1. The molecular formula is C20H19F3N4O2. The Morgan fingerprint density at radius 2 is 2.00 bits per heavy atom. The van der Waals surface area contributed by atoms with Crippen molar-refractivity contribution in [1.82, 2.24) is 19.7 Å². The molecule has 0 radical (unpaired) electrons. The van der Waals surface area contributed by atoms with E-state index >= 15 is 0 Å². The molecule has 152 valence electrons. The minimum atomic E-state index is -4.53. The van der Waals surface area contributed by atoms with Gasteiger partial charge in [0, 0.05) is 18.8 Å². The van der Waals surface area contributed by atoms with Gasteiger partial charge in [-0.2, -0.15) is 18.3 Å². The van der Waals surface area contributed by atoms with Gasteiger partial charge in [0.25, 0.3) is 0 Å². The SMILES string of the molecule is Cc1cc(C(F)(F)F)cc(O)c1-c1cnc2cn(C3CC34CCOCC4)nc2n1. The van der Waals surface area contributed by atoms with E-state index in [0.717, 1.165) is 38.5 Å². The number of hydrogen-bond acceptors (Lipinski definition) is 5. The van der Waals surface area contributed by atoms with Crippen LogP contribution in [0.1, 0.15) is 36.4 Å². The summed E-state index contributed by atoms with van der Waals surface area (Å²) in [6.45, 7) is 3.04. The topological polar surface area (TPSA) is 73.1 Å². The lowest BCUT2D eigenvalue weighted by atomic mass is 9.96. The number of phenolic OH excluding ortho intramolecular Hbond substituents is 1. The summed E-state index contributed by atoms with van der Waals surface area (Å²) in [4.78, 5) is 8.83. The van der Waals surface area contributed by atoms with Crippen LogP contribution in [0.4, 0.5) is 13.2 Å². The zero-order valence-electron chi connectivity index (χ0n) is 15.7. The number of rotatable bonds is 2. The number of hydrogen-bond donors (Lipinski definition) is 1. The molecule has 1 aliphatic heterocycles. The second kappa shape index (κ2) is 6.16. The fourth-order valence-corrected chi connectivity index (χ4v) is 4.38. The third-order valence-corrected chi connectivity index (χ3v) is 6.10. The van der Waals surface area contributed by atoms with Gasteiger partial charge in [-0.1, -0.05) is 0 Å². The van der Waals surface area contributed by atoms with E-state index in [1.165, 1.54) is 13.1 Å². The molecule has 1 aliphatic carbocycles. The van der Waals surface area contributed by atoms with Crippen molar-refractivity contribution in [1.29, 1.82) is 0 Å². The average molecular weight is 404 g/mol. The standard InChI is InChI=1S/C20H19F3N4O2/c1-11-6-12(20(21,22)23)7-15(28)17(11)13-9-24-14-10-27(26-18(14)25-13)16-8-19(16)2-4-29-5-3-19/h6-7,9-10,16,28H,2-5,8H2,1H3. The second-order valence-corrected chi connectivity index (χ2v) is 7.95. The quantitative estimate of drug-likeness (QED) is 0.691. The molecule has 5 rings (SSSR count). The van der Waals surface area contributed by atoms with E-state index in [-0.39, 0.29) is 16.5 Å². The Bertz CT molecular complexity index is 1080. The van der Waals surface area contributed by atoms with Crippen molar-refractivity contribution < 1.29 is 23.0 Å². The first-order chi connectivity index (χ1) is 13.8. The smallest absolute Gasteiger partial charge is 0.416 e. The molecule has 0 amide bonds. The number of aryl methyl sites for hydroxylation is 1. The molecule has 1 saturated carbocycles. The molecule has 3 aromatic rings. The van der Waals surface area contributed by atoms with Gasteiger partial charge in [0.2, 0.25) is 0 Å². The number of fused-ring (bicyclic) bond motifs is 1. The van der Waals surface area contributed by atoms with Gasteiger partial charge in [-0.15, -0.1) is 0 Å². The summed E-state index contributed by atoms with van der Waals surface area (Å²) < 4.78 is 46.3. The molecule has 2 fully saturated rings. The van der Waals surface area contributed by atoms with E-state index in [0.29, 0.717) is 29.0 Å². The van der Waals surface area contributed by atoms with Crippen molar-refractivity contribution in [2.45, 2.75) is 38.4 Å². The van der Waals surface area contributed by atoms with Crippen LogP contribution in [0.25, 0.3) is 22.4 Å². The van der Waals surface area contributed by atoms with Crippen LogP contribution in [-0.4, -0.2) is 38.1 Å². The fourth-order valence-electron chi connectivity index (χ4n) is 4.38. The predicted molar refractivity (Wildman–Crippen MR) is 98.3 cm³/mol. The fraction of sp³-hybridized carbons (Fsp3) is 0.450. The summed E-state index contributed by atoms with van der Waals surface area (Å²) in [5.41, 5.74) is 1.17. The van der Waals surface area contributed by atoms with E-state index < -0.39 is 17.5 Å². The first kappa shape index (κ1) is 18.4. The molecule has 1 spiro atoms. The largest absolute Gasteiger partial charge is 0.507 e. The normalized spacial score (nSPS) is 21.0. The number of alkyl halides is 3. The number of aromatic hydroxyl groups is 1. The Morgan fingerprint density at radius 1 is 1.24 bits per heavy atom. The Kier molecular flexibility index (Phi) is 3.90. The van der Waals surface area contributed by atoms with E-state index in [4.69, 9.17) is 4.74 Å². The maximum absolute atomic E-state index is 13.0. The first-order valence-corrected chi connectivity index (χ1v) is 9.48. The Balaban J connectivity index is 1.50. The van der Waals surface area contributed by atoms with Crippen LogP contribution in [0.5, 0.6) is 5.75 Å². The van der Waals surface area contributed by atoms with Crippen molar-refractivity contribution in [2.24, 2.45) is 5.41 Å². The summed E-state index contributed by atoms with van der Waals surface area (Å²) in [6.07, 6.45) is 1.87. The first-order valence-electron chi connectivity index (χ1n) is 9.48. The van der Waals surface area contributed by atoms with Gasteiger partial charge < -0.3 is 9.84 Å². The summed E-state index contributed by atoms with van der Waals surface area (Å²) in [5, 5.41) is 14.8. The molecule has 2 aliphatic rings. The highest BCUT2D eigenvalue weighted by atomic mass is 19.4. The van der Waals surface area contributed by atoms with Crippen LogP contribution in [0, 0.1) is 12.3 Å². The minimum Gasteiger partial charge on any atom is -0.507 e. The summed E-state index contributed by atoms with van der Waals surface area (Å²) >= 11 is 0. The lowest BCUT2D eigenvalue weighted by Crippen LogP contribution is -2.19. The van der Waals surface area contributed by atoms with Gasteiger partial charge in [0.05, 0.1) is 29.7 Å². The van der Waals surface area contributed by atoms with Crippen LogP contribution in [0.2, 0.25) is 0 Å². The average Bonchev–Trinajstić information content (AvgIpc) is 3.17. The van der Waals surface area contributed by atoms with Crippen LogP contribution >= 0.6 is 0 Å². The van der Waals surface area contributed by atoms with Gasteiger partial charge in [0.1, 0.15) is 11.3 Å². The lowest BCUT2D eigenvalue weighted by Gasteiger charge is -2.22. The molecule has 0 bridgehead atoms. The van der Waals surface area contributed by atoms with Gasteiger partial charge in [-0.05, 0) is 49.3 Å². The van der Waals surface area contributed by atoms with Gasteiger partial charge >= 0.3 is 6.18 Å². The number of halogens is 3. The minimum absolute atomic E-state index is 0.231. The Hall–Kier alpha value is -2.68. The van der Waals surface area contributed by atoms with Crippen molar-refractivity contribution >= 4 is 11.2 Å². The monoisotopic (exact) mass is 404 g/mol.